The van der Waals surface area contributed by atoms with Gasteiger partial charge in [-0.1, -0.05) is 45.8 Å². The number of hydrogen-bond donors (Lipinski definition) is 1. The van der Waals surface area contributed by atoms with Crippen LogP contribution in [0.25, 0.3) is 0 Å². The van der Waals surface area contributed by atoms with Gasteiger partial charge in [-0.2, -0.15) is 0 Å². The number of unbranched alkanes of at least 4 members (excludes halogenated alkanes) is 2. The van der Waals surface area contributed by atoms with Gasteiger partial charge >= 0.3 is 0 Å². The maximum absolute atomic E-state index is 10.1. The van der Waals surface area contributed by atoms with Crippen LogP contribution >= 0.6 is 0 Å². The molecule has 1 atom stereocenters. The Kier molecular flexibility index (Phi) is 4.49. The molecule has 0 bridgehead atoms. The lowest BCUT2D eigenvalue weighted by molar-refractivity contribution is 0.122. The predicted octanol–water partition coefficient (Wildman–Crippen LogP) is 3.20. The summed E-state index contributed by atoms with van der Waals surface area (Å²) in [5.41, 5.74) is 0. The molecule has 1 nitrogen and oxygen atoms in total. The molecular weight excluding hydrogens is 164 g/mol. The fourth-order valence-corrected chi connectivity index (χ4v) is 2.02. The van der Waals surface area contributed by atoms with Crippen LogP contribution in [0.2, 0.25) is 19.6 Å². The first kappa shape index (κ1) is 12.2. The van der Waals surface area contributed by atoms with Gasteiger partial charge in [0.1, 0.15) is 0 Å². The second-order valence-corrected chi connectivity index (χ2v) is 10.6. The molecule has 0 radical (unpaired) electrons. The zero-order valence-electron chi connectivity index (χ0n) is 9.28. The first-order valence-electron chi connectivity index (χ1n) is 5.03. The van der Waals surface area contributed by atoms with E-state index in [1.54, 1.807) is 0 Å². The summed E-state index contributed by atoms with van der Waals surface area (Å²) in [6, 6.07) is 0. The zero-order chi connectivity index (χ0) is 9.83. The third-order valence-electron chi connectivity index (χ3n) is 2.88. The standard InChI is InChI=1S/C10H24OSi/c1-6-7-8-9-10(2,11)12(3,4)5/h11H,6-9H2,1-5H3/t10-/m0/s1. The van der Waals surface area contributed by atoms with Crippen LogP contribution in [0.4, 0.5) is 0 Å². The van der Waals surface area contributed by atoms with Crippen molar-refractivity contribution in [3.05, 3.63) is 0 Å². The van der Waals surface area contributed by atoms with Crippen molar-refractivity contribution < 1.29 is 5.11 Å². The Labute approximate surface area is 78.2 Å². The van der Waals surface area contributed by atoms with Crippen LogP contribution in [0.1, 0.15) is 39.5 Å². The monoisotopic (exact) mass is 188 g/mol. The van der Waals surface area contributed by atoms with Gasteiger partial charge in [-0.05, 0) is 13.3 Å². The fourth-order valence-electron chi connectivity index (χ4n) is 1.09. The summed E-state index contributed by atoms with van der Waals surface area (Å²) in [5.74, 6) is 0. The molecule has 0 saturated heterocycles. The molecule has 0 aromatic heterocycles. The molecule has 12 heavy (non-hydrogen) atoms. The van der Waals surface area contributed by atoms with Gasteiger partial charge in [0.15, 0.2) is 0 Å². The third kappa shape index (κ3) is 3.72. The average Bonchev–Trinajstić information content (AvgIpc) is 1.85. The molecule has 1 N–H and O–H groups in total. The summed E-state index contributed by atoms with van der Waals surface area (Å²) in [6.45, 7) is 10.9. The molecule has 0 aromatic carbocycles. The summed E-state index contributed by atoms with van der Waals surface area (Å²) in [4.78, 5) is 0. The molecule has 0 aliphatic carbocycles. The van der Waals surface area contributed by atoms with E-state index in [4.69, 9.17) is 0 Å². The van der Waals surface area contributed by atoms with E-state index in [1.807, 2.05) is 6.92 Å². The number of aliphatic hydroxyl groups is 1. The van der Waals surface area contributed by atoms with E-state index >= 15 is 0 Å². The van der Waals surface area contributed by atoms with Gasteiger partial charge in [-0.25, -0.2) is 0 Å². The molecule has 0 aliphatic rings. The van der Waals surface area contributed by atoms with Gasteiger partial charge < -0.3 is 5.11 Å². The molecule has 0 rings (SSSR count). The van der Waals surface area contributed by atoms with Crippen molar-refractivity contribution in [1.29, 1.82) is 0 Å². The molecule has 0 fully saturated rings. The minimum atomic E-state index is -1.38. The maximum atomic E-state index is 10.1. The summed E-state index contributed by atoms with van der Waals surface area (Å²) >= 11 is 0. The molecule has 0 aromatic rings. The molecule has 74 valence electrons. The van der Waals surface area contributed by atoms with Gasteiger partial charge in [-0.15, -0.1) is 0 Å². The molecular formula is C10H24OSi. The Hall–Kier alpha value is 0.177. The Morgan fingerprint density at radius 2 is 1.67 bits per heavy atom. The second-order valence-electron chi connectivity index (χ2n) is 4.98. The Bertz CT molecular complexity index is 124. The van der Waals surface area contributed by atoms with Crippen molar-refractivity contribution in [3.8, 4) is 0 Å². The first-order valence-corrected chi connectivity index (χ1v) is 8.53. The lowest BCUT2D eigenvalue weighted by Crippen LogP contribution is -2.49. The van der Waals surface area contributed by atoms with E-state index in [9.17, 15) is 5.11 Å². The smallest absolute Gasteiger partial charge is 0.0817 e. The summed E-state index contributed by atoms with van der Waals surface area (Å²) < 4.78 is 0. The van der Waals surface area contributed by atoms with E-state index in [0.717, 1.165) is 6.42 Å². The van der Waals surface area contributed by atoms with Crippen molar-refractivity contribution in [2.45, 2.75) is 64.4 Å². The van der Waals surface area contributed by atoms with Gasteiger partial charge in [-0.3, -0.25) is 0 Å². The summed E-state index contributed by atoms with van der Waals surface area (Å²) in [6.07, 6.45) is 4.65. The second kappa shape index (κ2) is 4.42. The van der Waals surface area contributed by atoms with Gasteiger partial charge in [0.05, 0.1) is 13.3 Å². The van der Waals surface area contributed by atoms with Gasteiger partial charge in [0.25, 0.3) is 0 Å². The Morgan fingerprint density at radius 1 is 1.17 bits per heavy atom. The van der Waals surface area contributed by atoms with E-state index in [1.165, 1.54) is 19.3 Å². The van der Waals surface area contributed by atoms with E-state index in [0.29, 0.717) is 0 Å². The van der Waals surface area contributed by atoms with E-state index in [2.05, 4.69) is 26.6 Å². The Morgan fingerprint density at radius 3 is 2.00 bits per heavy atom. The van der Waals surface area contributed by atoms with Crippen molar-refractivity contribution in [2.75, 3.05) is 0 Å². The van der Waals surface area contributed by atoms with Crippen LogP contribution < -0.4 is 0 Å². The van der Waals surface area contributed by atoms with Crippen LogP contribution in [-0.2, 0) is 0 Å². The predicted molar refractivity (Wildman–Crippen MR) is 58.1 cm³/mol. The van der Waals surface area contributed by atoms with Gasteiger partial charge in [0.2, 0.25) is 0 Å². The molecule has 0 aliphatic heterocycles. The Balaban J connectivity index is 3.88. The highest BCUT2D eigenvalue weighted by molar-refractivity contribution is 6.78. The number of rotatable bonds is 5. The van der Waals surface area contributed by atoms with Crippen molar-refractivity contribution in [3.63, 3.8) is 0 Å². The first-order chi connectivity index (χ1) is 5.31. The quantitative estimate of drug-likeness (QED) is 0.519. The SMILES string of the molecule is CCCCC[C@@](C)(O)[Si](C)(C)C. The van der Waals surface area contributed by atoms with Crippen molar-refractivity contribution in [1.82, 2.24) is 0 Å². The number of hydrogen-bond acceptors (Lipinski definition) is 1. The highest BCUT2D eigenvalue weighted by Gasteiger charge is 2.36. The van der Waals surface area contributed by atoms with Gasteiger partial charge in [0, 0.05) is 0 Å². The largest absolute Gasteiger partial charge is 0.394 e. The molecule has 0 heterocycles. The van der Waals surface area contributed by atoms with E-state index < -0.39 is 8.07 Å². The van der Waals surface area contributed by atoms with Crippen molar-refractivity contribution in [2.24, 2.45) is 0 Å². The normalized spacial score (nSPS) is 17.5. The maximum Gasteiger partial charge on any atom is 0.0817 e. The zero-order valence-corrected chi connectivity index (χ0v) is 10.3. The average molecular weight is 188 g/mol. The summed E-state index contributed by atoms with van der Waals surface area (Å²) in [7, 11) is -1.38. The van der Waals surface area contributed by atoms with Crippen LogP contribution in [0.5, 0.6) is 0 Å². The molecule has 2 heteroatoms. The third-order valence-corrected chi connectivity index (χ3v) is 6.36. The van der Waals surface area contributed by atoms with Crippen LogP contribution in [0.3, 0.4) is 0 Å². The molecule has 0 spiro atoms. The topological polar surface area (TPSA) is 20.2 Å². The van der Waals surface area contributed by atoms with E-state index in [-0.39, 0.29) is 5.22 Å². The molecule has 0 unspecified atom stereocenters. The minimum Gasteiger partial charge on any atom is -0.394 e. The highest BCUT2D eigenvalue weighted by Crippen LogP contribution is 2.25. The highest BCUT2D eigenvalue weighted by atomic mass is 28.3. The van der Waals surface area contributed by atoms with Crippen LogP contribution in [-0.4, -0.2) is 18.4 Å². The molecule has 0 saturated carbocycles. The fraction of sp³-hybridized carbons (Fsp3) is 1.00. The van der Waals surface area contributed by atoms with Crippen molar-refractivity contribution >= 4 is 8.07 Å². The van der Waals surface area contributed by atoms with Crippen LogP contribution in [0.15, 0.2) is 0 Å². The minimum absolute atomic E-state index is 0.373. The lowest BCUT2D eigenvalue weighted by Gasteiger charge is -2.35. The molecule has 0 amide bonds. The lowest BCUT2D eigenvalue weighted by atomic mass is 10.1. The van der Waals surface area contributed by atoms with Crippen LogP contribution in [0, 0.1) is 0 Å². The summed E-state index contributed by atoms with van der Waals surface area (Å²) in [5, 5.41) is 9.77.